The summed E-state index contributed by atoms with van der Waals surface area (Å²) in [5.41, 5.74) is 2.67. The summed E-state index contributed by atoms with van der Waals surface area (Å²) in [5, 5.41) is 14.0. The van der Waals surface area contributed by atoms with Crippen LogP contribution in [0.3, 0.4) is 0 Å². The van der Waals surface area contributed by atoms with Crippen molar-refractivity contribution in [3.8, 4) is 0 Å². The van der Waals surface area contributed by atoms with Gasteiger partial charge in [0, 0.05) is 29.3 Å². The van der Waals surface area contributed by atoms with Gasteiger partial charge in [-0.3, -0.25) is 14.3 Å². The van der Waals surface area contributed by atoms with Gasteiger partial charge in [0.25, 0.3) is 0 Å². The molecule has 1 aromatic carbocycles. The largest absolute Gasteiger partial charge is 0.326 e. The summed E-state index contributed by atoms with van der Waals surface area (Å²) < 4.78 is 1.95. The number of hydrogen-bond acceptors (Lipinski definition) is 6. The molecular formula is C19H19N7OS. The van der Waals surface area contributed by atoms with Crippen molar-refractivity contribution in [3.05, 3.63) is 54.1 Å². The standard InChI is InChI=1S/C19H19N7OS/c1-11-8-17(25-24-11)22-19-23-18(9-15-10-20-12(2)26(15)19)28-16-6-4-14(5-7-16)21-13(3)27/h4-10H,1-3H3,(H,21,27)(H2,22,23,24,25). The van der Waals surface area contributed by atoms with E-state index in [0.29, 0.717) is 11.8 Å². The van der Waals surface area contributed by atoms with Crippen LogP contribution in [0.1, 0.15) is 18.4 Å². The maximum Gasteiger partial charge on any atom is 0.221 e. The minimum absolute atomic E-state index is 0.0899. The zero-order chi connectivity index (χ0) is 19.7. The van der Waals surface area contributed by atoms with Crippen LogP contribution >= 0.6 is 11.8 Å². The molecule has 0 spiro atoms. The zero-order valence-corrected chi connectivity index (χ0v) is 16.5. The lowest BCUT2D eigenvalue weighted by Crippen LogP contribution is -2.05. The number of anilines is 3. The fourth-order valence-corrected chi connectivity index (χ4v) is 3.64. The van der Waals surface area contributed by atoms with Gasteiger partial charge < -0.3 is 10.6 Å². The number of carbonyl (C=O) groups excluding carboxylic acids is 1. The summed E-state index contributed by atoms with van der Waals surface area (Å²) in [6.45, 7) is 5.37. The Balaban J connectivity index is 1.65. The van der Waals surface area contributed by atoms with Crippen LogP contribution in [-0.2, 0) is 4.79 Å². The molecule has 8 nitrogen and oxygen atoms in total. The average molecular weight is 393 g/mol. The van der Waals surface area contributed by atoms with E-state index in [2.05, 4.69) is 25.8 Å². The summed E-state index contributed by atoms with van der Waals surface area (Å²) in [6.07, 6.45) is 1.82. The highest BCUT2D eigenvalue weighted by molar-refractivity contribution is 7.99. The molecule has 3 N–H and O–H groups in total. The average Bonchev–Trinajstić information content (AvgIpc) is 3.22. The molecule has 4 aromatic rings. The Morgan fingerprint density at radius 3 is 2.64 bits per heavy atom. The van der Waals surface area contributed by atoms with Crippen molar-refractivity contribution in [2.24, 2.45) is 0 Å². The van der Waals surface area contributed by atoms with E-state index >= 15 is 0 Å². The highest BCUT2D eigenvalue weighted by atomic mass is 32.2. The van der Waals surface area contributed by atoms with E-state index in [9.17, 15) is 4.79 Å². The third kappa shape index (κ3) is 3.84. The van der Waals surface area contributed by atoms with Crippen molar-refractivity contribution in [2.75, 3.05) is 10.6 Å². The number of benzene rings is 1. The molecule has 0 bridgehead atoms. The van der Waals surface area contributed by atoms with Crippen molar-refractivity contribution in [1.82, 2.24) is 24.6 Å². The van der Waals surface area contributed by atoms with Gasteiger partial charge in [-0.2, -0.15) is 5.10 Å². The van der Waals surface area contributed by atoms with Gasteiger partial charge in [0.1, 0.15) is 10.9 Å². The lowest BCUT2D eigenvalue weighted by Gasteiger charge is -2.10. The van der Waals surface area contributed by atoms with E-state index in [4.69, 9.17) is 4.98 Å². The second kappa shape index (κ2) is 7.35. The van der Waals surface area contributed by atoms with Gasteiger partial charge in [-0.25, -0.2) is 9.97 Å². The van der Waals surface area contributed by atoms with Crippen LogP contribution in [0.15, 0.2) is 52.5 Å². The first-order chi connectivity index (χ1) is 13.5. The second-order valence-electron chi connectivity index (χ2n) is 6.35. The summed E-state index contributed by atoms with van der Waals surface area (Å²) in [7, 11) is 0. The van der Waals surface area contributed by atoms with Gasteiger partial charge in [0.2, 0.25) is 11.9 Å². The first-order valence-electron chi connectivity index (χ1n) is 8.67. The SMILES string of the molecule is CC(=O)Nc1ccc(Sc2cc3cnc(C)n3c(Nc3cc(C)[nH]n3)n2)cc1. The van der Waals surface area contributed by atoms with Crippen molar-refractivity contribution in [1.29, 1.82) is 0 Å². The molecule has 28 heavy (non-hydrogen) atoms. The summed E-state index contributed by atoms with van der Waals surface area (Å²) in [6, 6.07) is 11.6. The number of rotatable bonds is 5. The Kier molecular flexibility index (Phi) is 4.74. The van der Waals surface area contributed by atoms with Crippen molar-refractivity contribution in [2.45, 2.75) is 30.7 Å². The summed E-state index contributed by atoms with van der Waals surface area (Å²) >= 11 is 1.54. The minimum Gasteiger partial charge on any atom is -0.326 e. The quantitative estimate of drug-likeness (QED) is 0.444. The van der Waals surface area contributed by atoms with Crippen molar-refractivity contribution < 1.29 is 4.79 Å². The number of aromatic nitrogens is 5. The molecule has 4 rings (SSSR count). The topological polar surface area (TPSA) is 100 Å². The van der Waals surface area contributed by atoms with Gasteiger partial charge in [-0.05, 0) is 44.2 Å². The molecule has 0 fully saturated rings. The van der Waals surface area contributed by atoms with Crippen LogP contribution in [0.5, 0.6) is 0 Å². The zero-order valence-electron chi connectivity index (χ0n) is 15.6. The van der Waals surface area contributed by atoms with E-state index in [1.807, 2.05) is 60.8 Å². The molecule has 0 radical (unpaired) electrons. The predicted molar refractivity (Wildman–Crippen MR) is 109 cm³/mol. The summed E-state index contributed by atoms with van der Waals surface area (Å²) in [4.78, 5) is 21.3. The molecule has 0 atom stereocenters. The van der Waals surface area contributed by atoms with E-state index in [-0.39, 0.29) is 5.91 Å². The molecule has 0 unspecified atom stereocenters. The second-order valence-corrected chi connectivity index (χ2v) is 7.45. The third-order valence-electron chi connectivity index (χ3n) is 4.01. The molecule has 0 saturated carbocycles. The lowest BCUT2D eigenvalue weighted by molar-refractivity contribution is -0.114. The number of nitrogens with zero attached hydrogens (tertiary/aromatic N) is 4. The molecule has 1 amide bonds. The van der Waals surface area contributed by atoms with E-state index in [1.165, 1.54) is 18.7 Å². The molecule has 0 aliphatic carbocycles. The maximum absolute atomic E-state index is 11.2. The van der Waals surface area contributed by atoms with Crippen LogP contribution in [0.4, 0.5) is 17.5 Å². The fourth-order valence-electron chi connectivity index (χ4n) is 2.82. The first-order valence-corrected chi connectivity index (χ1v) is 9.49. The van der Waals surface area contributed by atoms with Crippen LogP contribution in [-0.4, -0.2) is 30.5 Å². The number of aromatic amines is 1. The number of imidazole rings is 1. The molecule has 142 valence electrons. The van der Waals surface area contributed by atoms with Crippen molar-refractivity contribution >= 4 is 40.6 Å². The van der Waals surface area contributed by atoms with E-state index < -0.39 is 0 Å². The first kappa shape index (κ1) is 18.1. The van der Waals surface area contributed by atoms with E-state index in [0.717, 1.165) is 32.6 Å². The van der Waals surface area contributed by atoms with Gasteiger partial charge >= 0.3 is 0 Å². The van der Waals surface area contributed by atoms with Crippen LogP contribution < -0.4 is 10.6 Å². The molecule has 9 heteroatoms. The van der Waals surface area contributed by atoms with Gasteiger partial charge in [0.15, 0.2) is 5.82 Å². The Labute approximate surface area is 165 Å². The Bertz CT molecular complexity index is 1150. The smallest absolute Gasteiger partial charge is 0.221 e. The number of hydrogen-bond donors (Lipinski definition) is 3. The number of carbonyl (C=O) groups is 1. The normalized spacial score (nSPS) is 11.0. The summed E-state index contributed by atoms with van der Waals surface area (Å²) in [5.74, 6) is 2.10. The number of H-pyrrole nitrogens is 1. The molecule has 0 aliphatic heterocycles. The number of nitrogens with one attached hydrogen (secondary N) is 3. The van der Waals surface area contributed by atoms with Crippen molar-refractivity contribution in [3.63, 3.8) is 0 Å². The van der Waals surface area contributed by atoms with Gasteiger partial charge in [-0.15, -0.1) is 0 Å². The molecule has 3 aromatic heterocycles. The third-order valence-corrected chi connectivity index (χ3v) is 4.93. The van der Waals surface area contributed by atoms with Gasteiger partial charge in [0.05, 0.1) is 11.7 Å². The molecule has 0 saturated heterocycles. The number of amides is 1. The lowest BCUT2D eigenvalue weighted by atomic mass is 10.3. The Morgan fingerprint density at radius 1 is 1.18 bits per heavy atom. The maximum atomic E-state index is 11.2. The molecule has 0 aliphatic rings. The van der Waals surface area contributed by atoms with Crippen LogP contribution in [0.2, 0.25) is 0 Å². The monoisotopic (exact) mass is 393 g/mol. The number of fused-ring (bicyclic) bond motifs is 1. The Hall–Kier alpha value is -3.33. The van der Waals surface area contributed by atoms with Crippen LogP contribution in [0.25, 0.3) is 5.52 Å². The van der Waals surface area contributed by atoms with Gasteiger partial charge in [-0.1, -0.05) is 11.8 Å². The molecular weight excluding hydrogens is 374 g/mol. The minimum atomic E-state index is -0.0899. The predicted octanol–water partition coefficient (Wildman–Crippen LogP) is 3.92. The number of aryl methyl sites for hydroxylation is 2. The van der Waals surface area contributed by atoms with E-state index in [1.54, 1.807) is 0 Å². The van der Waals surface area contributed by atoms with Crippen LogP contribution in [0, 0.1) is 13.8 Å². The highest BCUT2D eigenvalue weighted by Gasteiger charge is 2.12. The fraction of sp³-hybridized carbons (Fsp3) is 0.158. The Morgan fingerprint density at radius 2 is 1.96 bits per heavy atom. The molecule has 3 heterocycles. The highest BCUT2D eigenvalue weighted by Crippen LogP contribution is 2.30.